The molecule has 4 heteroatoms. The van der Waals surface area contributed by atoms with Gasteiger partial charge in [-0.05, 0) is 18.6 Å². The molecule has 90 valence electrons. The maximum atomic E-state index is 11.7. The summed E-state index contributed by atoms with van der Waals surface area (Å²) in [4.78, 5) is 11.7. The average Bonchev–Trinajstić information content (AvgIpc) is 2.89. The molecule has 0 saturated heterocycles. The molecule has 0 saturated carbocycles. The third-order valence-electron chi connectivity index (χ3n) is 2.66. The molecule has 2 heterocycles. The zero-order valence-corrected chi connectivity index (χ0v) is 10.3. The summed E-state index contributed by atoms with van der Waals surface area (Å²) in [7, 11) is 1.90. The quantitative estimate of drug-likeness (QED) is 0.740. The summed E-state index contributed by atoms with van der Waals surface area (Å²) in [6.07, 6.45) is 7.25. The number of aromatic nitrogens is 3. The van der Waals surface area contributed by atoms with Crippen molar-refractivity contribution in [1.29, 1.82) is 0 Å². The number of nitrogens with zero attached hydrogens (tertiary/aromatic N) is 3. The van der Waals surface area contributed by atoms with Gasteiger partial charge in [-0.2, -0.15) is 5.10 Å². The molecule has 0 aliphatic rings. The lowest BCUT2D eigenvalue weighted by molar-refractivity contribution is 0.0981. The van der Waals surface area contributed by atoms with Crippen molar-refractivity contribution in [3.8, 4) is 0 Å². The van der Waals surface area contributed by atoms with Crippen LogP contribution in [0, 0.1) is 0 Å². The molecule has 0 bridgehead atoms. The molecule has 0 amide bonds. The minimum atomic E-state index is 0.215. The molecule has 2 aromatic heterocycles. The van der Waals surface area contributed by atoms with Crippen molar-refractivity contribution >= 4 is 5.78 Å². The van der Waals surface area contributed by atoms with Crippen molar-refractivity contribution in [3.63, 3.8) is 0 Å². The minimum absolute atomic E-state index is 0.215. The topological polar surface area (TPSA) is 39.8 Å². The van der Waals surface area contributed by atoms with Crippen LogP contribution in [-0.4, -0.2) is 20.1 Å². The predicted molar refractivity (Wildman–Crippen MR) is 66.0 cm³/mol. The first-order valence-electron chi connectivity index (χ1n) is 5.86. The number of Topliss-reactive ketones (excluding diaryl/α,β-unsaturated/α-hetero) is 1. The van der Waals surface area contributed by atoms with Gasteiger partial charge in [0.15, 0.2) is 5.78 Å². The fourth-order valence-corrected chi connectivity index (χ4v) is 1.81. The van der Waals surface area contributed by atoms with Crippen LogP contribution in [0.15, 0.2) is 30.7 Å². The zero-order valence-electron chi connectivity index (χ0n) is 10.3. The Kier molecular flexibility index (Phi) is 3.42. The Labute approximate surface area is 101 Å². The van der Waals surface area contributed by atoms with Crippen molar-refractivity contribution in [2.24, 2.45) is 7.05 Å². The second-order valence-corrected chi connectivity index (χ2v) is 4.23. The third kappa shape index (κ3) is 2.84. The number of aryl methyl sites for hydroxylation is 1. The van der Waals surface area contributed by atoms with E-state index in [0.717, 1.165) is 17.7 Å². The minimum Gasteiger partial charge on any atom is -0.348 e. The summed E-state index contributed by atoms with van der Waals surface area (Å²) >= 11 is 0. The largest absolute Gasteiger partial charge is 0.348 e. The normalized spacial score (nSPS) is 10.7. The molecule has 0 fully saturated rings. The van der Waals surface area contributed by atoms with Gasteiger partial charge in [0.2, 0.25) is 0 Å². The van der Waals surface area contributed by atoms with Crippen LogP contribution in [0.5, 0.6) is 0 Å². The Morgan fingerprint density at radius 1 is 1.35 bits per heavy atom. The fourth-order valence-electron chi connectivity index (χ4n) is 1.81. The molecule has 2 aromatic rings. The smallest absolute Gasteiger partial charge is 0.164 e. The van der Waals surface area contributed by atoms with E-state index in [1.54, 1.807) is 4.68 Å². The molecule has 0 atom stereocenters. The van der Waals surface area contributed by atoms with Gasteiger partial charge in [0.1, 0.15) is 0 Å². The van der Waals surface area contributed by atoms with Gasteiger partial charge in [-0.3, -0.25) is 9.48 Å². The number of hydrogen-bond acceptors (Lipinski definition) is 2. The van der Waals surface area contributed by atoms with Gasteiger partial charge in [-0.15, -0.1) is 0 Å². The van der Waals surface area contributed by atoms with Gasteiger partial charge in [-0.25, -0.2) is 0 Å². The molecule has 0 aliphatic carbocycles. The molecule has 17 heavy (non-hydrogen) atoms. The first-order valence-corrected chi connectivity index (χ1v) is 5.86. The molecular weight excluding hydrogens is 214 g/mol. The highest BCUT2D eigenvalue weighted by Crippen LogP contribution is 2.08. The summed E-state index contributed by atoms with van der Waals surface area (Å²) in [6, 6.07) is 3.86. The Balaban J connectivity index is 2.06. The highest BCUT2D eigenvalue weighted by Gasteiger charge is 2.06. The van der Waals surface area contributed by atoms with E-state index in [1.165, 1.54) is 0 Å². The average molecular weight is 231 g/mol. The van der Waals surface area contributed by atoms with Crippen LogP contribution in [0.2, 0.25) is 0 Å². The van der Waals surface area contributed by atoms with E-state index in [1.807, 2.05) is 49.3 Å². The summed E-state index contributed by atoms with van der Waals surface area (Å²) in [5, 5.41) is 4.31. The van der Waals surface area contributed by atoms with Gasteiger partial charge in [0.25, 0.3) is 0 Å². The monoisotopic (exact) mass is 231 g/mol. The van der Waals surface area contributed by atoms with E-state index < -0.39 is 0 Å². The van der Waals surface area contributed by atoms with Crippen LogP contribution in [0.25, 0.3) is 0 Å². The lowest BCUT2D eigenvalue weighted by Crippen LogP contribution is -2.00. The summed E-state index contributed by atoms with van der Waals surface area (Å²) in [5.41, 5.74) is 1.79. The number of rotatable bonds is 5. The lowest BCUT2D eigenvalue weighted by atomic mass is 10.1. The van der Waals surface area contributed by atoms with Crippen molar-refractivity contribution < 1.29 is 4.79 Å². The van der Waals surface area contributed by atoms with E-state index in [2.05, 4.69) is 5.10 Å². The van der Waals surface area contributed by atoms with Crippen LogP contribution in [-0.2, 0) is 13.6 Å². The number of ketones is 1. The maximum absolute atomic E-state index is 11.7. The Bertz CT molecular complexity index is 510. The van der Waals surface area contributed by atoms with Crippen molar-refractivity contribution in [2.75, 3.05) is 0 Å². The summed E-state index contributed by atoms with van der Waals surface area (Å²) < 4.78 is 3.77. The van der Waals surface area contributed by atoms with E-state index in [4.69, 9.17) is 0 Å². The van der Waals surface area contributed by atoms with Crippen molar-refractivity contribution in [1.82, 2.24) is 14.3 Å². The first kappa shape index (κ1) is 11.6. The maximum Gasteiger partial charge on any atom is 0.164 e. The summed E-state index contributed by atoms with van der Waals surface area (Å²) in [6.45, 7) is 2.73. The first-order chi connectivity index (χ1) is 8.19. The molecule has 0 aliphatic heterocycles. The SMILES string of the molecule is CCCC(=O)c1ccn(Cc2ccn(C)n2)c1. The number of hydrogen-bond donors (Lipinski definition) is 0. The predicted octanol–water partition coefficient (Wildman–Crippen LogP) is 2.25. The molecule has 0 N–H and O–H groups in total. The second kappa shape index (κ2) is 4.99. The fraction of sp³-hybridized carbons (Fsp3) is 0.385. The Morgan fingerprint density at radius 2 is 2.18 bits per heavy atom. The standard InChI is InChI=1S/C13H17N3O/c1-3-4-13(17)11-5-8-16(9-11)10-12-6-7-15(2)14-12/h5-9H,3-4,10H2,1-2H3. The zero-order chi connectivity index (χ0) is 12.3. The van der Waals surface area contributed by atoms with Gasteiger partial charge < -0.3 is 4.57 Å². The molecule has 0 aromatic carbocycles. The van der Waals surface area contributed by atoms with E-state index >= 15 is 0 Å². The molecule has 0 unspecified atom stereocenters. The van der Waals surface area contributed by atoms with Gasteiger partial charge in [-0.1, -0.05) is 6.92 Å². The van der Waals surface area contributed by atoms with Gasteiger partial charge in [0, 0.05) is 37.6 Å². The molecule has 0 spiro atoms. The highest BCUT2D eigenvalue weighted by molar-refractivity contribution is 5.95. The molecule has 0 radical (unpaired) electrons. The summed E-state index contributed by atoms with van der Waals surface area (Å²) in [5.74, 6) is 0.215. The molecule has 2 rings (SSSR count). The van der Waals surface area contributed by atoms with E-state index in [-0.39, 0.29) is 5.78 Å². The van der Waals surface area contributed by atoms with Crippen LogP contribution in [0.4, 0.5) is 0 Å². The highest BCUT2D eigenvalue weighted by atomic mass is 16.1. The third-order valence-corrected chi connectivity index (χ3v) is 2.66. The second-order valence-electron chi connectivity index (χ2n) is 4.23. The molecule has 4 nitrogen and oxygen atoms in total. The Morgan fingerprint density at radius 3 is 2.82 bits per heavy atom. The van der Waals surface area contributed by atoms with Crippen LogP contribution in [0.1, 0.15) is 35.8 Å². The number of carbonyl (C=O) groups excluding carboxylic acids is 1. The van der Waals surface area contributed by atoms with E-state index in [0.29, 0.717) is 13.0 Å². The number of carbonyl (C=O) groups is 1. The Hall–Kier alpha value is -1.84. The van der Waals surface area contributed by atoms with Gasteiger partial charge in [0.05, 0.1) is 12.2 Å². The van der Waals surface area contributed by atoms with Crippen molar-refractivity contribution in [3.05, 3.63) is 42.0 Å². The molecular formula is C13H17N3O. The van der Waals surface area contributed by atoms with Crippen LogP contribution >= 0.6 is 0 Å². The van der Waals surface area contributed by atoms with Crippen LogP contribution < -0.4 is 0 Å². The lowest BCUT2D eigenvalue weighted by Gasteiger charge is -1.98. The van der Waals surface area contributed by atoms with Crippen molar-refractivity contribution in [2.45, 2.75) is 26.3 Å². The van der Waals surface area contributed by atoms with Crippen LogP contribution in [0.3, 0.4) is 0 Å². The van der Waals surface area contributed by atoms with Gasteiger partial charge >= 0.3 is 0 Å². The van der Waals surface area contributed by atoms with E-state index in [9.17, 15) is 4.79 Å².